The highest BCUT2D eigenvalue weighted by atomic mass is 35.5. The van der Waals surface area contributed by atoms with Gasteiger partial charge in [0.15, 0.2) is 5.76 Å². The number of fused-ring (bicyclic) bond motifs is 1. The Morgan fingerprint density at radius 3 is 2.60 bits per heavy atom. The van der Waals surface area contributed by atoms with Gasteiger partial charge in [-0.15, -0.1) is 0 Å². The van der Waals surface area contributed by atoms with Crippen molar-refractivity contribution in [1.29, 1.82) is 0 Å². The summed E-state index contributed by atoms with van der Waals surface area (Å²) in [6.07, 6.45) is 0. The van der Waals surface area contributed by atoms with Crippen LogP contribution in [0.3, 0.4) is 0 Å². The van der Waals surface area contributed by atoms with Gasteiger partial charge in [-0.2, -0.15) is 0 Å². The predicted octanol–water partition coefficient (Wildman–Crippen LogP) is 3.90. The van der Waals surface area contributed by atoms with Crippen LogP contribution >= 0.6 is 11.6 Å². The third kappa shape index (κ3) is 3.80. The minimum atomic E-state index is -0.541. The number of aryl methyl sites for hydroxylation is 1. The molecule has 2 amide bonds. The number of furan rings is 1. The maximum atomic E-state index is 13.3. The lowest BCUT2D eigenvalue weighted by molar-refractivity contribution is -0.115. The molecule has 2 N–H and O–H groups in total. The van der Waals surface area contributed by atoms with Crippen LogP contribution < -0.4 is 10.6 Å². The van der Waals surface area contributed by atoms with E-state index in [1.54, 1.807) is 31.2 Å². The number of rotatable bonds is 4. The molecule has 0 radical (unpaired) electrons. The van der Waals surface area contributed by atoms with Crippen molar-refractivity contribution in [1.82, 2.24) is 5.32 Å². The van der Waals surface area contributed by atoms with Crippen molar-refractivity contribution in [2.24, 2.45) is 0 Å². The predicted molar refractivity (Wildman–Crippen MR) is 93.3 cm³/mol. The van der Waals surface area contributed by atoms with E-state index >= 15 is 0 Å². The number of hydrogen-bond donors (Lipinski definition) is 2. The summed E-state index contributed by atoms with van der Waals surface area (Å²) < 4.78 is 18.8. The Balaban J connectivity index is 1.65. The minimum Gasteiger partial charge on any atom is -0.451 e. The zero-order chi connectivity index (χ0) is 18.0. The molecule has 1 heterocycles. The Hall–Kier alpha value is -2.86. The second-order valence-electron chi connectivity index (χ2n) is 5.43. The molecule has 0 saturated heterocycles. The van der Waals surface area contributed by atoms with Crippen molar-refractivity contribution in [2.45, 2.75) is 6.92 Å². The summed E-state index contributed by atoms with van der Waals surface area (Å²) in [7, 11) is 0. The quantitative estimate of drug-likeness (QED) is 0.741. The number of nitrogens with one attached hydrogen (secondary N) is 2. The van der Waals surface area contributed by atoms with E-state index in [0.717, 1.165) is 0 Å². The Kier molecular flexibility index (Phi) is 4.72. The van der Waals surface area contributed by atoms with Crippen molar-refractivity contribution in [3.05, 3.63) is 64.6 Å². The van der Waals surface area contributed by atoms with E-state index in [4.69, 9.17) is 16.0 Å². The molecule has 3 rings (SSSR count). The van der Waals surface area contributed by atoms with E-state index in [1.165, 1.54) is 18.2 Å². The van der Waals surface area contributed by atoms with Crippen LogP contribution in [0.2, 0.25) is 5.02 Å². The fraction of sp³-hybridized carbons (Fsp3) is 0.111. The molecule has 0 saturated carbocycles. The van der Waals surface area contributed by atoms with Gasteiger partial charge in [-0.05, 0) is 49.4 Å². The maximum Gasteiger partial charge on any atom is 0.287 e. The first-order valence-corrected chi connectivity index (χ1v) is 7.84. The SMILES string of the molecule is Cc1c(C(=O)NCC(=O)Nc2ccc(Cl)cc2)oc2ccc(F)cc12. The van der Waals surface area contributed by atoms with Gasteiger partial charge in [0.25, 0.3) is 5.91 Å². The van der Waals surface area contributed by atoms with Crippen molar-refractivity contribution >= 4 is 40.1 Å². The molecule has 0 unspecified atom stereocenters. The van der Waals surface area contributed by atoms with Crippen LogP contribution in [-0.4, -0.2) is 18.4 Å². The molecule has 2 aromatic carbocycles. The largest absolute Gasteiger partial charge is 0.451 e. The Morgan fingerprint density at radius 2 is 1.88 bits per heavy atom. The lowest BCUT2D eigenvalue weighted by Crippen LogP contribution is -2.32. The average Bonchev–Trinajstić information content (AvgIpc) is 2.91. The fourth-order valence-electron chi connectivity index (χ4n) is 2.39. The molecule has 0 aliphatic heterocycles. The number of amides is 2. The summed E-state index contributed by atoms with van der Waals surface area (Å²) in [6.45, 7) is 1.43. The first-order chi connectivity index (χ1) is 11.9. The number of hydrogen-bond acceptors (Lipinski definition) is 3. The van der Waals surface area contributed by atoms with E-state index in [1.807, 2.05) is 0 Å². The molecule has 0 spiro atoms. The molecule has 0 fully saturated rings. The van der Waals surface area contributed by atoms with Crippen molar-refractivity contribution < 1.29 is 18.4 Å². The molecular weight excluding hydrogens is 347 g/mol. The summed E-state index contributed by atoms with van der Waals surface area (Å²) in [6, 6.07) is 10.6. The first kappa shape index (κ1) is 17.0. The molecule has 3 aromatic rings. The second kappa shape index (κ2) is 6.94. The monoisotopic (exact) mass is 360 g/mol. The highest BCUT2D eigenvalue weighted by Gasteiger charge is 2.18. The molecule has 25 heavy (non-hydrogen) atoms. The van der Waals surface area contributed by atoms with Crippen LogP contribution in [0, 0.1) is 12.7 Å². The van der Waals surface area contributed by atoms with Crippen LogP contribution in [0.4, 0.5) is 10.1 Å². The van der Waals surface area contributed by atoms with E-state index in [2.05, 4.69) is 10.6 Å². The van der Waals surface area contributed by atoms with Gasteiger partial charge in [0, 0.05) is 21.7 Å². The third-order valence-corrected chi connectivity index (χ3v) is 3.89. The molecular formula is C18H14ClFN2O3. The lowest BCUT2D eigenvalue weighted by Gasteiger charge is -2.06. The normalized spacial score (nSPS) is 10.7. The summed E-state index contributed by atoms with van der Waals surface area (Å²) >= 11 is 5.77. The van der Waals surface area contributed by atoms with E-state index in [-0.39, 0.29) is 12.3 Å². The molecule has 0 aliphatic carbocycles. The second-order valence-corrected chi connectivity index (χ2v) is 5.87. The van der Waals surface area contributed by atoms with E-state index in [9.17, 15) is 14.0 Å². The first-order valence-electron chi connectivity index (χ1n) is 7.46. The Morgan fingerprint density at radius 1 is 1.16 bits per heavy atom. The molecule has 7 heteroatoms. The smallest absolute Gasteiger partial charge is 0.287 e. The van der Waals surface area contributed by atoms with Crippen LogP contribution in [0.25, 0.3) is 11.0 Å². The molecule has 1 aromatic heterocycles. The van der Waals surface area contributed by atoms with Gasteiger partial charge in [0.1, 0.15) is 11.4 Å². The summed E-state index contributed by atoms with van der Waals surface area (Å²) in [5, 5.41) is 6.20. The number of anilines is 1. The lowest BCUT2D eigenvalue weighted by atomic mass is 10.1. The highest BCUT2D eigenvalue weighted by molar-refractivity contribution is 6.30. The summed E-state index contributed by atoms with van der Waals surface area (Å²) in [5.41, 5.74) is 1.50. The minimum absolute atomic E-state index is 0.0555. The maximum absolute atomic E-state index is 13.3. The number of carbonyl (C=O) groups excluding carboxylic acids is 2. The van der Waals surface area contributed by atoms with E-state index in [0.29, 0.717) is 27.2 Å². The van der Waals surface area contributed by atoms with Crippen molar-refractivity contribution in [2.75, 3.05) is 11.9 Å². The number of halogens is 2. The zero-order valence-electron chi connectivity index (χ0n) is 13.2. The van der Waals surface area contributed by atoms with Gasteiger partial charge in [0.2, 0.25) is 5.91 Å². The Bertz CT molecular complexity index is 951. The van der Waals surface area contributed by atoms with Crippen LogP contribution in [0.1, 0.15) is 16.1 Å². The Labute approximate surface area is 147 Å². The zero-order valence-corrected chi connectivity index (χ0v) is 14.0. The molecule has 0 aliphatic rings. The molecule has 0 bridgehead atoms. The molecule has 128 valence electrons. The van der Waals surface area contributed by atoms with Crippen molar-refractivity contribution in [3.63, 3.8) is 0 Å². The highest BCUT2D eigenvalue weighted by Crippen LogP contribution is 2.25. The van der Waals surface area contributed by atoms with Gasteiger partial charge in [-0.25, -0.2) is 4.39 Å². The van der Waals surface area contributed by atoms with Crippen molar-refractivity contribution in [3.8, 4) is 0 Å². The standard InChI is InChI=1S/C18H14ClFN2O3/c1-10-14-8-12(20)4-7-15(14)25-17(10)18(24)21-9-16(23)22-13-5-2-11(19)3-6-13/h2-8H,9H2,1H3,(H,21,24)(H,22,23). The van der Waals surface area contributed by atoms with Gasteiger partial charge in [-0.1, -0.05) is 11.6 Å². The van der Waals surface area contributed by atoms with Gasteiger partial charge in [-0.3, -0.25) is 9.59 Å². The van der Waals surface area contributed by atoms with Gasteiger partial charge in [0.05, 0.1) is 6.54 Å². The van der Waals surface area contributed by atoms with Crippen LogP contribution in [0.15, 0.2) is 46.9 Å². The molecule has 5 nitrogen and oxygen atoms in total. The summed E-state index contributed by atoms with van der Waals surface area (Å²) in [5.74, 6) is -1.29. The van der Waals surface area contributed by atoms with Crippen LogP contribution in [-0.2, 0) is 4.79 Å². The van der Waals surface area contributed by atoms with Gasteiger partial charge >= 0.3 is 0 Å². The third-order valence-electron chi connectivity index (χ3n) is 3.64. The average molecular weight is 361 g/mol. The van der Waals surface area contributed by atoms with Gasteiger partial charge < -0.3 is 15.1 Å². The topological polar surface area (TPSA) is 71.3 Å². The van der Waals surface area contributed by atoms with Crippen LogP contribution in [0.5, 0.6) is 0 Å². The number of carbonyl (C=O) groups is 2. The molecule has 0 atom stereocenters. The number of benzene rings is 2. The summed E-state index contributed by atoms with van der Waals surface area (Å²) in [4.78, 5) is 24.1. The fourth-order valence-corrected chi connectivity index (χ4v) is 2.51. The van der Waals surface area contributed by atoms with E-state index < -0.39 is 17.6 Å².